The molecule has 0 fully saturated rings. The van der Waals surface area contributed by atoms with Crippen LogP contribution in [0.15, 0.2) is 23.3 Å². The summed E-state index contributed by atoms with van der Waals surface area (Å²) in [7, 11) is 0. The normalized spacial score (nSPS) is 10.2. The standard InChI is InChI=1S/C12H14N2O.C2H6/c1-7(2)10-4-9-6-13-5-8(3)11(9)12(15)14-10;1-2/h4-7H,1-3H3,(H,14,15);1-2H3. The summed E-state index contributed by atoms with van der Waals surface area (Å²) in [5, 5.41) is 1.66. The Morgan fingerprint density at radius 3 is 2.47 bits per heavy atom. The Kier molecular flexibility index (Phi) is 4.44. The minimum absolute atomic E-state index is 0.0175. The van der Waals surface area contributed by atoms with Crippen LogP contribution in [-0.4, -0.2) is 9.97 Å². The van der Waals surface area contributed by atoms with Crippen LogP contribution in [0.4, 0.5) is 0 Å². The van der Waals surface area contributed by atoms with Crippen molar-refractivity contribution in [1.82, 2.24) is 9.97 Å². The summed E-state index contributed by atoms with van der Waals surface area (Å²) < 4.78 is 0. The Morgan fingerprint density at radius 2 is 1.88 bits per heavy atom. The Balaban J connectivity index is 0.000000686. The van der Waals surface area contributed by atoms with Crippen LogP contribution in [0.3, 0.4) is 0 Å². The van der Waals surface area contributed by atoms with E-state index in [1.165, 1.54) is 0 Å². The molecule has 0 saturated carbocycles. The molecule has 92 valence electrons. The van der Waals surface area contributed by atoms with E-state index in [4.69, 9.17) is 0 Å². The number of fused-ring (bicyclic) bond motifs is 1. The highest BCUT2D eigenvalue weighted by Crippen LogP contribution is 2.17. The lowest BCUT2D eigenvalue weighted by Crippen LogP contribution is -2.11. The molecule has 0 amide bonds. The van der Waals surface area contributed by atoms with Crippen molar-refractivity contribution in [2.75, 3.05) is 0 Å². The molecular weight excluding hydrogens is 212 g/mol. The molecule has 0 atom stereocenters. The van der Waals surface area contributed by atoms with Crippen LogP contribution in [0.2, 0.25) is 0 Å². The largest absolute Gasteiger partial charge is 0.325 e. The first kappa shape index (κ1) is 13.4. The number of aromatic amines is 1. The van der Waals surface area contributed by atoms with Gasteiger partial charge in [-0.15, -0.1) is 0 Å². The number of rotatable bonds is 1. The fourth-order valence-corrected chi connectivity index (χ4v) is 1.71. The van der Waals surface area contributed by atoms with Crippen molar-refractivity contribution in [2.24, 2.45) is 0 Å². The van der Waals surface area contributed by atoms with Crippen molar-refractivity contribution in [2.45, 2.75) is 40.5 Å². The van der Waals surface area contributed by atoms with E-state index in [-0.39, 0.29) is 5.56 Å². The molecular formula is C14H20N2O. The summed E-state index contributed by atoms with van der Waals surface area (Å²) in [5.41, 5.74) is 1.86. The minimum atomic E-state index is -0.0175. The van der Waals surface area contributed by atoms with Gasteiger partial charge in [-0.2, -0.15) is 0 Å². The average molecular weight is 232 g/mol. The summed E-state index contributed by atoms with van der Waals surface area (Å²) in [5.74, 6) is 0.322. The summed E-state index contributed by atoms with van der Waals surface area (Å²) in [6, 6.07) is 2.00. The quantitative estimate of drug-likeness (QED) is 0.819. The second-order valence-electron chi connectivity index (χ2n) is 4.13. The maximum atomic E-state index is 11.8. The summed E-state index contributed by atoms with van der Waals surface area (Å²) in [4.78, 5) is 18.8. The second kappa shape index (κ2) is 5.62. The maximum absolute atomic E-state index is 11.8. The minimum Gasteiger partial charge on any atom is -0.325 e. The van der Waals surface area contributed by atoms with E-state index in [0.717, 1.165) is 22.0 Å². The third-order valence-electron chi connectivity index (χ3n) is 2.58. The molecule has 0 spiro atoms. The molecule has 0 saturated heterocycles. The molecule has 2 aromatic heterocycles. The van der Waals surface area contributed by atoms with Gasteiger partial charge in [-0.1, -0.05) is 27.7 Å². The van der Waals surface area contributed by atoms with Gasteiger partial charge in [0.25, 0.3) is 5.56 Å². The van der Waals surface area contributed by atoms with Crippen molar-refractivity contribution in [3.8, 4) is 0 Å². The van der Waals surface area contributed by atoms with E-state index in [2.05, 4.69) is 23.8 Å². The Morgan fingerprint density at radius 1 is 1.24 bits per heavy atom. The number of aromatic nitrogens is 2. The van der Waals surface area contributed by atoms with Gasteiger partial charge in [0.15, 0.2) is 0 Å². The van der Waals surface area contributed by atoms with Crippen LogP contribution in [0.25, 0.3) is 10.8 Å². The van der Waals surface area contributed by atoms with Gasteiger partial charge in [0.05, 0.1) is 5.39 Å². The van der Waals surface area contributed by atoms with Crippen molar-refractivity contribution in [1.29, 1.82) is 0 Å². The number of hydrogen-bond acceptors (Lipinski definition) is 2. The molecule has 0 radical (unpaired) electrons. The highest BCUT2D eigenvalue weighted by Gasteiger charge is 2.06. The van der Waals surface area contributed by atoms with Crippen LogP contribution in [-0.2, 0) is 0 Å². The highest BCUT2D eigenvalue weighted by molar-refractivity contribution is 5.83. The van der Waals surface area contributed by atoms with Gasteiger partial charge < -0.3 is 4.98 Å². The van der Waals surface area contributed by atoms with Crippen molar-refractivity contribution in [3.05, 3.63) is 40.1 Å². The van der Waals surface area contributed by atoms with Crippen LogP contribution in [0.5, 0.6) is 0 Å². The number of pyridine rings is 2. The van der Waals surface area contributed by atoms with E-state index >= 15 is 0 Å². The number of nitrogens with zero attached hydrogens (tertiary/aromatic N) is 1. The van der Waals surface area contributed by atoms with Gasteiger partial charge in [-0.3, -0.25) is 9.78 Å². The number of nitrogens with one attached hydrogen (secondary N) is 1. The molecule has 1 N–H and O–H groups in total. The Labute approximate surface area is 102 Å². The molecule has 17 heavy (non-hydrogen) atoms. The molecule has 0 aliphatic carbocycles. The van der Waals surface area contributed by atoms with Crippen LogP contribution in [0, 0.1) is 6.92 Å². The fraction of sp³-hybridized carbons (Fsp3) is 0.429. The molecule has 2 heterocycles. The van der Waals surface area contributed by atoms with Gasteiger partial charge in [0.1, 0.15) is 0 Å². The Hall–Kier alpha value is -1.64. The van der Waals surface area contributed by atoms with Gasteiger partial charge in [-0.05, 0) is 24.5 Å². The van der Waals surface area contributed by atoms with Gasteiger partial charge in [-0.25, -0.2) is 0 Å². The first-order valence-electron chi connectivity index (χ1n) is 6.07. The maximum Gasteiger partial charge on any atom is 0.256 e. The third-order valence-corrected chi connectivity index (χ3v) is 2.58. The molecule has 0 aliphatic heterocycles. The van der Waals surface area contributed by atoms with Crippen LogP contribution < -0.4 is 5.56 Å². The zero-order valence-corrected chi connectivity index (χ0v) is 11.2. The number of hydrogen-bond donors (Lipinski definition) is 1. The van der Waals surface area contributed by atoms with Crippen LogP contribution in [0.1, 0.15) is 44.9 Å². The topological polar surface area (TPSA) is 45.8 Å². The first-order chi connectivity index (χ1) is 8.09. The molecule has 3 heteroatoms. The van der Waals surface area contributed by atoms with Crippen molar-refractivity contribution < 1.29 is 0 Å². The number of aryl methyl sites for hydroxylation is 1. The predicted octanol–water partition coefficient (Wildman–Crippen LogP) is 3.38. The van der Waals surface area contributed by atoms with Gasteiger partial charge >= 0.3 is 0 Å². The van der Waals surface area contributed by atoms with E-state index in [1.807, 2.05) is 26.8 Å². The van der Waals surface area contributed by atoms with Crippen LogP contribution >= 0.6 is 0 Å². The summed E-state index contributed by atoms with van der Waals surface area (Å²) in [6.07, 6.45) is 3.45. The lowest BCUT2D eigenvalue weighted by atomic mass is 10.1. The van der Waals surface area contributed by atoms with E-state index in [0.29, 0.717) is 5.92 Å². The summed E-state index contributed by atoms with van der Waals surface area (Å²) in [6.45, 7) is 10.0. The smallest absolute Gasteiger partial charge is 0.256 e. The molecule has 0 aliphatic rings. The summed E-state index contributed by atoms with van der Waals surface area (Å²) >= 11 is 0. The van der Waals surface area contributed by atoms with Crippen molar-refractivity contribution >= 4 is 10.8 Å². The molecule has 2 rings (SSSR count). The predicted molar refractivity (Wildman–Crippen MR) is 72.5 cm³/mol. The zero-order valence-electron chi connectivity index (χ0n) is 11.2. The first-order valence-corrected chi connectivity index (χ1v) is 6.07. The molecule has 0 unspecified atom stereocenters. The molecule has 0 bridgehead atoms. The zero-order chi connectivity index (χ0) is 13.0. The SMILES string of the molecule is CC.Cc1cncc2cc(C(C)C)[nH]c(=O)c12. The van der Waals surface area contributed by atoms with Crippen molar-refractivity contribution in [3.63, 3.8) is 0 Å². The Bertz CT molecular complexity index is 556. The lowest BCUT2D eigenvalue weighted by molar-refractivity contribution is 0.820. The molecule has 3 nitrogen and oxygen atoms in total. The lowest BCUT2D eigenvalue weighted by Gasteiger charge is -2.07. The van der Waals surface area contributed by atoms with E-state index in [9.17, 15) is 4.79 Å². The highest BCUT2D eigenvalue weighted by atomic mass is 16.1. The fourth-order valence-electron chi connectivity index (χ4n) is 1.71. The van der Waals surface area contributed by atoms with Gasteiger partial charge in [0, 0.05) is 23.5 Å². The van der Waals surface area contributed by atoms with E-state index in [1.54, 1.807) is 12.4 Å². The monoisotopic (exact) mass is 232 g/mol. The molecule has 0 aromatic carbocycles. The number of H-pyrrole nitrogens is 1. The van der Waals surface area contributed by atoms with Gasteiger partial charge in [0.2, 0.25) is 0 Å². The third kappa shape index (κ3) is 2.73. The second-order valence-corrected chi connectivity index (χ2v) is 4.13. The average Bonchev–Trinajstić information content (AvgIpc) is 2.31. The van der Waals surface area contributed by atoms with E-state index < -0.39 is 0 Å². The molecule has 2 aromatic rings.